The van der Waals surface area contributed by atoms with Crippen LogP contribution in [0.15, 0.2) is 24.5 Å². The van der Waals surface area contributed by atoms with Crippen LogP contribution in [0.25, 0.3) is 0 Å². The molecule has 2 rings (SSSR count). The molecule has 0 bridgehead atoms. The van der Waals surface area contributed by atoms with E-state index in [0.29, 0.717) is 0 Å². The van der Waals surface area contributed by atoms with Gasteiger partial charge in [0.2, 0.25) is 0 Å². The molecule has 0 unspecified atom stereocenters. The summed E-state index contributed by atoms with van der Waals surface area (Å²) in [7, 11) is 0. The summed E-state index contributed by atoms with van der Waals surface area (Å²) < 4.78 is 0. The Morgan fingerprint density at radius 1 is 1.50 bits per heavy atom. The van der Waals surface area contributed by atoms with Crippen LogP contribution in [-0.4, -0.2) is 23.0 Å². The largest absolute Gasteiger partial charge is 0.296 e. The van der Waals surface area contributed by atoms with Crippen LogP contribution in [0.3, 0.4) is 0 Å². The van der Waals surface area contributed by atoms with E-state index in [1.165, 1.54) is 18.7 Å². The molecule has 0 aliphatic carbocycles. The molecule has 0 radical (unpaired) electrons. The molecule has 1 aliphatic heterocycles. The zero-order valence-corrected chi connectivity index (χ0v) is 5.83. The molecule has 10 heavy (non-hydrogen) atoms. The second kappa shape index (κ2) is 2.39. The maximum absolute atomic E-state index is 4.04. The molecular formula is C8H10N2. The summed E-state index contributed by atoms with van der Waals surface area (Å²) >= 11 is 0. The summed E-state index contributed by atoms with van der Waals surface area (Å²) in [5.41, 5.74) is 1.32. The zero-order chi connectivity index (χ0) is 6.81. The third-order valence-corrected chi connectivity index (χ3v) is 1.67. The lowest BCUT2D eigenvalue weighted by Gasteiger charge is -1.97. The first-order valence-corrected chi connectivity index (χ1v) is 3.56. The summed E-state index contributed by atoms with van der Waals surface area (Å²) in [6.45, 7) is 3.59. The minimum Gasteiger partial charge on any atom is -0.296 e. The minimum absolute atomic E-state index is 1.08. The third-order valence-electron chi connectivity index (χ3n) is 1.67. The first-order valence-electron chi connectivity index (χ1n) is 3.56. The highest BCUT2D eigenvalue weighted by atomic mass is 15.2. The summed E-state index contributed by atoms with van der Waals surface area (Å²) in [5, 5.41) is 0. The number of hydrogen-bond acceptors (Lipinski definition) is 2. The molecule has 1 saturated heterocycles. The monoisotopic (exact) mass is 134 g/mol. The molecule has 2 heteroatoms. The van der Waals surface area contributed by atoms with E-state index in [2.05, 4.69) is 16.0 Å². The van der Waals surface area contributed by atoms with E-state index in [-0.39, 0.29) is 0 Å². The van der Waals surface area contributed by atoms with Crippen LogP contribution in [0.4, 0.5) is 0 Å². The molecule has 0 spiro atoms. The molecule has 1 aromatic heterocycles. The Morgan fingerprint density at radius 3 is 3.00 bits per heavy atom. The number of nitrogens with zero attached hydrogens (tertiary/aromatic N) is 2. The summed E-state index contributed by atoms with van der Waals surface area (Å²) in [5.74, 6) is 0. The summed E-state index contributed by atoms with van der Waals surface area (Å²) in [4.78, 5) is 6.41. The number of pyridine rings is 1. The first-order chi connectivity index (χ1) is 4.95. The van der Waals surface area contributed by atoms with Crippen molar-refractivity contribution in [1.29, 1.82) is 0 Å². The average molecular weight is 134 g/mol. The summed E-state index contributed by atoms with van der Waals surface area (Å²) in [6.07, 6.45) is 3.74. The van der Waals surface area contributed by atoms with E-state index in [4.69, 9.17) is 0 Å². The van der Waals surface area contributed by atoms with Gasteiger partial charge < -0.3 is 0 Å². The van der Waals surface area contributed by atoms with Gasteiger partial charge in [0, 0.05) is 32.0 Å². The Bertz CT molecular complexity index is 204. The molecule has 1 aromatic rings. The number of aromatic nitrogens is 1. The Labute approximate surface area is 60.5 Å². The highest BCUT2D eigenvalue weighted by Crippen LogP contribution is 2.09. The molecule has 0 aromatic carbocycles. The molecule has 0 amide bonds. The van der Waals surface area contributed by atoms with E-state index in [1.807, 2.05) is 18.5 Å². The van der Waals surface area contributed by atoms with Crippen molar-refractivity contribution in [1.82, 2.24) is 9.88 Å². The van der Waals surface area contributed by atoms with Gasteiger partial charge in [-0.1, -0.05) is 6.07 Å². The van der Waals surface area contributed by atoms with Crippen LogP contribution in [0.1, 0.15) is 5.56 Å². The first kappa shape index (κ1) is 5.86. The van der Waals surface area contributed by atoms with Crippen molar-refractivity contribution in [2.75, 3.05) is 13.1 Å². The van der Waals surface area contributed by atoms with Crippen LogP contribution in [0.5, 0.6) is 0 Å². The molecular weight excluding hydrogens is 124 g/mol. The van der Waals surface area contributed by atoms with Crippen molar-refractivity contribution in [3.8, 4) is 0 Å². The minimum atomic E-state index is 1.08. The molecule has 52 valence electrons. The highest BCUT2D eigenvalue weighted by molar-refractivity contribution is 5.08. The molecule has 0 atom stereocenters. The fraction of sp³-hybridized carbons (Fsp3) is 0.375. The van der Waals surface area contributed by atoms with Gasteiger partial charge in [-0.15, -0.1) is 0 Å². The number of hydrogen-bond donors (Lipinski definition) is 0. The van der Waals surface area contributed by atoms with Gasteiger partial charge in [0.15, 0.2) is 0 Å². The fourth-order valence-electron chi connectivity index (χ4n) is 0.979. The Kier molecular flexibility index (Phi) is 1.40. The highest BCUT2D eigenvalue weighted by Gasteiger charge is 2.16. The smallest absolute Gasteiger partial charge is 0.0312 e. The van der Waals surface area contributed by atoms with Crippen LogP contribution >= 0.6 is 0 Å². The van der Waals surface area contributed by atoms with Gasteiger partial charge in [-0.05, 0) is 11.6 Å². The van der Waals surface area contributed by atoms with E-state index in [0.717, 1.165) is 6.54 Å². The van der Waals surface area contributed by atoms with Crippen LogP contribution in [-0.2, 0) is 6.54 Å². The second-order valence-electron chi connectivity index (χ2n) is 2.64. The lowest BCUT2D eigenvalue weighted by atomic mass is 10.3. The molecule has 2 nitrogen and oxygen atoms in total. The van der Waals surface area contributed by atoms with Gasteiger partial charge >= 0.3 is 0 Å². The molecule has 0 N–H and O–H groups in total. The lowest BCUT2D eigenvalue weighted by molar-refractivity contribution is 0.555. The van der Waals surface area contributed by atoms with Crippen molar-refractivity contribution in [3.63, 3.8) is 0 Å². The van der Waals surface area contributed by atoms with E-state index < -0.39 is 0 Å². The lowest BCUT2D eigenvalue weighted by Crippen LogP contribution is -1.96. The van der Waals surface area contributed by atoms with Gasteiger partial charge in [0.05, 0.1) is 0 Å². The van der Waals surface area contributed by atoms with Crippen molar-refractivity contribution >= 4 is 0 Å². The molecule has 1 aliphatic rings. The van der Waals surface area contributed by atoms with Gasteiger partial charge in [0.25, 0.3) is 0 Å². The van der Waals surface area contributed by atoms with Crippen LogP contribution in [0, 0.1) is 0 Å². The van der Waals surface area contributed by atoms with Crippen molar-refractivity contribution in [2.24, 2.45) is 0 Å². The van der Waals surface area contributed by atoms with Crippen LogP contribution in [0.2, 0.25) is 0 Å². The Balaban J connectivity index is 2.03. The zero-order valence-electron chi connectivity index (χ0n) is 5.83. The average Bonchev–Trinajstić information content (AvgIpc) is 2.74. The number of rotatable bonds is 2. The van der Waals surface area contributed by atoms with Crippen molar-refractivity contribution < 1.29 is 0 Å². The normalized spacial score (nSPS) is 17.2. The Morgan fingerprint density at radius 2 is 2.40 bits per heavy atom. The van der Waals surface area contributed by atoms with E-state index in [1.54, 1.807) is 0 Å². The van der Waals surface area contributed by atoms with Gasteiger partial charge in [0.1, 0.15) is 0 Å². The predicted octanol–water partition coefficient (Wildman–Crippen LogP) is 0.897. The van der Waals surface area contributed by atoms with E-state index >= 15 is 0 Å². The topological polar surface area (TPSA) is 15.9 Å². The van der Waals surface area contributed by atoms with Crippen molar-refractivity contribution in [3.05, 3.63) is 30.1 Å². The second-order valence-corrected chi connectivity index (χ2v) is 2.64. The maximum atomic E-state index is 4.04. The van der Waals surface area contributed by atoms with Crippen LogP contribution < -0.4 is 0 Å². The molecule has 0 saturated carbocycles. The van der Waals surface area contributed by atoms with Gasteiger partial charge in [-0.3, -0.25) is 9.88 Å². The fourth-order valence-corrected chi connectivity index (χ4v) is 0.979. The maximum Gasteiger partial charge on any atom is 0.0312 e. The quantitative estimate of drug-likeness (QED) is 0.558. The van der Waals surface area contributed by atoms with Crippen molar-refractivity contribution in [2.45, 2.75) is 6.54 Å². The third kappa shape index (κ3) is 1.33. The van der Waals surface area contributed by atoms with Gasteiger partial charge in [-0.2, -0.15) is 0 Å². The molecule has 2 heterocycles. The summed E-state index contributed by atoms with van der Waals surface area (Å²) in [6, 6.07) is 4.10. The molecule has 1 fully saturated rings. The van der Waals surface area contributed by atoms with E-state index in [9.17, 15) is 0 Å². The standard InChI is InChI=1S/C8H10N2/c1-2-8(6-9-3-1)7-10-4-5-10/h1-3,6H,4-5,7H2. The van der Waals surface area contributed by atoms with Gasteiger partial charge in [-0.25, -0.2) is 0 Å². The SMILES string of the molecule is c1cncc(CN2CC2)c1. The predicted molar refractivity (Wildman–Crippen MR) is 39.5 cm³/mol. The Hall–Kier alpha value is -0.890.